The number of nitro benzene ring substituents is 1. The Bertz CT molecular complexity index is 1350. The number of nitro groups is 1. The smallest absolute Gasteiger partial charge is 0.269 e. The second kappa shape index (κ2) is 10.7. The number of amides is 3. The molecule has 0 saturated carbocycles. The van der Waals surface area contributed by atoms with Gasteiger partial charge in [-0.2, -0.15) is 0 Å². The number of benzene rings is 2. The molecule has 198 valence electrons. The molecule has 1 atom stereocenters. The molecule has 2 aromatic carbocycles. The summed E-state index contributed by atoms with van der Waals surface area (Å²) in [5, 5.41) is 13.7. The molecule has 2 aromatic rings. The third-order valence-electron chi connectivity index (χ3n) is 6.14. The van der Waals surface area contributed by atoms with Crippen LogP contribution >= 0.6 is 0 Å². The van der Waals surface area contributed by atoms with E-state index >= 15 is 0 Å². The number of sulfonamides is 1. The molecule has 0 aromatic heterocycles. The average molecular weight is 531 g/mol. The fourth-order valence-corrected chi connectivity index (χ4v) is 5.18. The molecular weight excluding hydrogens is 500 g/mol. The second-order valence-corrected chi connectivity index (χ2v) is 11.6. The molecule has 1 heterocycles. The number of fused-ring (bicyclic) bond motifs is 1. The molecule has 12 heteroatoms. The fraction of sp³-hybridized carbons (Fsp3) is 0.400. The molecule has 1 aliphatic heterocycles. The van der Waals surface area contributed by atoms with Gasteiger partial charge in [-0.1, -0.05) is 39.0 Å². The summed E-state index contributed by atoms with van der Waals surface area (Å²) >= 11 is 0. The van der Waals surface area contributed by atoms with Crippen molar-refractivity contribution in [1.82, 2.24) is 14.9 Å². The Morgan fingerprint density at radius 3 is 2.43 bits per heavy atom. The van der Waals surface area contributed by atoms with Gasteiger partial charge in [-0.3, -0.25) is 24.5 Å². The summed E-state index contributed by atoms with van der Waals surface area (Å²) in [6, 6.07) is 9.58. The minimum atomic E-state index is -4.10. The van der Waals surface area contributed by atoms with Crippen molar-refractivity contribution >= 4 is 33.4 Å². The van der Waals surface area contributed by atoms with Gasteiger partial charge >= 0.3 is 0 Å². The summed E-state index contributed by atoms with van der Waals surface area (Å²) < 4.78 is 27.4. The first-order valence-corrected chi connectivity index (χ1v) is 13.1. The van der Waals surface area contributed by atoms with E-state index in [0.29, 0.717) is 11.1 Å². The number of rotatable bonds is 7. The molecule has 2 N–H and O–H groups in total. The van der Waals surface area contributed by atoms with E-state index in [1.807, 2.05) is 0 Å². The van der Waals surface area contributed by atoms with Gasteiger partial charge in [-0.25, -0.2) is 13.1 Å². The molecule has 0 aliphatic carbocycles. The van der Waals surface area contributed by atoms with Gasteiger partial charge in [-0.05, 0) is 35.2 Å². The van der Waals surface area contributed by atoms with Gasteiger partial charge < -0.3 is 10.2 Å². The largest absolute Gasteiger partial charge is 0.357 e. The summed E-state index contributed by atoms with van der Waals surface area (Å²) in [4.78, 5) is 49.9. The lowest BCUT2D eigenvalue weighted by atomic mass is 9.92. The van der Waals surface area contributed by atoms with Gasteiger partial charge in [0.05, 0.1) is 9.82 Å². The van der Waals surface area contributed by atoms with Gasteiger partial charge in [0.1, 0.15) is 6.04 Å². The van der Waals surface area contributed by atoms with Crippen LogP contribution in [0.2, 0.25) is 0 Å². The van der Waals surface area contributed by atoms with E-state index in [-0.39, 0.29) is 48.2 Å². The zero-order valence-corrected chi connectivity index (χ0v) is 21.9. The van der Waals surface area contributed by atoms with Crippen molar-refractivity contribution in [2.24, 2.45) is 5.41 Å². The Morgan fingerprint density at radius 2 is 1.81 bits per heavy atom. The average Bonchev–Trinajstić information content (AvgIpc) is 2.84. The van der Waals surface area contributed by atoms with Crippen LogP contribution in [-0.2, 0) is 43.8 Å². The van der Waals surface area contributed by atoms with Crippen LogP contribution < -0.4 is 10.0 Å². The summed E-state index contributed by atoms with van der Waals surface area (Å²) in [5.41, 5.74) is 0.931. The van der Waals surface area contributed by atoms with Crippen LogP contribution in [0.1, 0.15) is 43.9 Å². The molecule has 3 rings (SSSR count). The number of carbonyl (C=O) groups excluding carboxylic acids is 3. The van der Waals surface area contributed by atoms with Crippen LogP contribution in [0.4, 0.5) is 5.69 Å². The minimum absolute atomic E-state index is 0.0182. The van der Waals surface area contributed by atoms with Gasteiger partial charge in [0.25, 0.3) is 15.7 Å². The molecule has 0 radical (unpaired) electrons. The van der Waals surface area contributed by atoms with E-state index in [0.717, 1.165) is 5.56 Å². The number of non-ortho nitro benzene ring substituents is 1. The van der Waals surface area contributed by atoms with Crippen molar-refractivity contribution in [3.8, 4) is 0 Å². The third-order valence-corrected chi connectivity index (χ3v) is 7.47. The highest BCUT2D eigenvalue weighted by atomic mass is 32.2. The SMILES string of the molecule is CNC(=O)[C@@H]1Cc2ccc([N+](=O)[O-])cc2CN1C(=O)CCc1cccc(S(=O)(=O)NC(=O)C(C)(C)C)c1. The molecule has 11 nitrogen and oxygen atoms in total. The van der Waals surface area contributed by atoms with Crippen molar-refractivity contribution in [3.05, 3.63) is 69.3 Å². The Balaban J connectivity index is 1.77. The van der Waals surface area contributed by atoms with E-state index in [1.54, 1.807) is 32.9 Å². The second-order valence-electron chi connectivity index (χ2n) is 9.90. The topological polar surface area (TPSA) is 156 Å². The first-order chi connectivity index (χ1) is 17.2. The number of nitrogens with one attached hydrogen (secondary N) is 2. The quantitative estimate of drug-likeness (QED) is 0.410. The lowest BCUT2D eigenvalue weighted by Crippen LogP contribution is -2.52. The van der Waals surface area contributed by atoms with Crippen molar-refractivity contribution < 1.29 is 27.7 Å². The molecule has 37 heavy (non-hydrogen) atoms. The number of likely N-dealkylation sites (N-methyl/N-ethyl adjacent to an activating group) is 1. The summed E-state index contributed by atoms with van der Waals surface area (Å²) in [5.74, 6) is -1.33. The van der Waals surface area contributed by atoms with Gasteiger partial charge in [-0.15, -0.1) is 0 Å². The first-order valence-electron chi connectivity index (χ1n) is 11.7. The van der Waals surface area contributed by atoms with E-state index in [1.165, 1.54) is 42.3 Å². The maximum Gasteiger partial charge on any atom is 0.269 e. The predicted molar refractivity (Wildman–Crippen MR) is 135 cm³/mol. The lowest BCUT2D eigenvalue weighted by molar-refractivity contribution is -0.385. The van der Waals surface area contributed by atoms with Crippen LogP contribution in [0.3, 0.4) is 0 Å². The monoisotopic (exact) mass is 530 g/mol. The van der Waals surface area contributed by atoms with E-state index in [2.05, 4.69) is 10.0 Å². The summed E-state index contributed by atoms with van der Waals surface area (Å²) in [7, 11) is -2.62. The van der Waals surface area contributed by atoms with E-state index in [9.17, 15) is 32.9 Å². The number of hydrogen-bond donors (Lipinski definition) is 2. The molecule has 0 saturated heterocycles. The van der Waals surface area contributed by atoms with Crippen molar-refractivity contribution in [3.63, 3.8) is 0 Å². The Labute approximate surface area is 215 Å². The standard InChI is InChI=1S/C25H30N4O7S/c1-25(2,3)24(32)27-37(35,36)20-7-5-6-16(12-20)8-11-22(30)28-15-18-13-19(29(33)34)10-9-17(18)14-21(28)23(31)26-4/h5-7,9-10,12-13,21H,8,11,14-15H2,1-4H3,(H,26,31)(H,27,32)/t21-/m0/s1. The van der Waals surface area contributed by atoms with Crippen molar-refractivity contribution in [2.75, 3.05) is 7.05 Å². The van der Waals surface area contributed by atoms with Crippen LogP contribution in [0.25, 0.3) is 0 Å². The molecule has 0 spiro atoms. The molecule has 0 unspecified atom stereocenters. The molecule has 1 aliphatic rings. The van der Waals surface area contributed by atoms with Crippen LogP contribution in [0, 0.1) is 15.5 Å². The van der Waals surface area contributed by atoms with Crippen molar-refractivity contribution in [2.45, 2.75) is 57.5 Å². The number of aryl methyl sites for hydroxylation is 1. The number of carbonyl (C=O) groups is 3. The zero-order valence-electron chi connectivity index (χ0n) is 21.1. The highest BCUT2D eigenvalue weighted by Crippen LogP contribution is 2.28. The maximum absolute atomic E-state index is 13.2. The van der Waals surface area contributed by atoms with Gasteiger partial charge in [0, 0.05) is 44.0 Å². The molecule has 0 fully saturated rings. The number of hydrogen-bond acceptors (Lipinski definition) is 7. The lowest BCUT2D eigenvalue weighted by Gasteiger charge is -2.35. The normalized spacial score (nSPS) is 15.5. The van der Waals surface area contributed by atoms with Gasteiger partial charge in [0.15, 0.2) is 0 Å². The van der Waals surface area contributed by atoms with E-state index in [4.69, 9.17) is 0 Å². The summed E-state index contributed by atoms with van der Waals surface area (Å²) in [6.07, 6.45) is 0.393. The number of nitrogens with zero attached hydrogens (tertiary/aromatic N) is 2. The van der Waals surface area contributed by atoms with Crippen molar-refractivity contribution in [1.29, 1.82) is 0 Å². The van der Waals surface area contributed by atoms with Crippen LogP contribution in [-0.4, -0.2) is 49.1 Å². The summed E-state index contributed by atoms with van der Waals surface area (Å²) in [6.45, 7) is 4.84. The highest BCUT2D eigenvalue weighted by Gasteiger charge is 2.34. The predicted octanol–water partition coefficient (Wildman–Crippen LogP) is 2.08. The third kappa shape index (κ3) is 6.50. The molecular formula is C25H30N4O7S. The molecule has 3 amide bonds. The van der Waals surface area contributed by atoms with Crippen LogP contribution in [0.5, 0.6) is 0 Å². The fourth-order valence-electron chi connectivity index (χ4n) is 3.94. The highest BCUT2D eigenvalue weighted by molar-refractivity contribution is 7.90. The Kier molecular flexibility index (Phi) is 8.01. The molecule has 0 bridgehead atoms. The Morgan fingerprint density at radius 1 is 1.11 bits per heavy atom. The van der Waals surface area contributed by atoms with Gasteiger partial charge in [0.2, 0.25) is 17.7 Å². The van der Waals surface area contributed by atoms with Crippen LogP contribution in [0.15, 0.2) is 47.4 Å². The zero-order chi connectivity index (χ0) is 27.5. The first kappa shape index (κ1) is 27.8. The van der Waals surface area contributed by atoms with E-state index < -0.39 is 32.3 Å². The maximum atomic E-state index is 13.2. The minimum Gasteiger partial charge on any atom is -0.357 e. The Hall–Kier alpha value is -3.80.